The smallest absolute Gasteiger partial charge is 0.401 e. The molecule has 0 heterocycles. The van der Waals surface area contributed by atoms with Crippen LogP contribution in [-0.2, 0) is 0 Å². The Balaban J connectivity index is 0. The first-order valence-electron chi connectivity index (χ1n) is 0.617. The van der Waals surface area contributed by atoms with Gasteiger partial charge in [-0.05, 0) is 7.43 Å². The predicted octanol–water partition coefficient (Wildman–Crippen LogP) is 1.11. The Kier molecular flexibility index (Phi) is 6.64. The second kappa shape index (κ2) is 3.76. The molecule has 3 radical (unpaired) electrons. The number of hydrogen-bond acceptors (Lipinski definition) is 1. The Bertz CT molecular complexity index is 30.6. The molecule has 0 aliphatic carbocycles. The van der Waals surface area contributed by atoms with E-state index in [-0.39, 0.29) is 7.43 Å². The van der Waals surface area contributed by atoms with Gasteiger partial charge in [0.2, 0.25) is 0 Å². The molecule has 2 nitrogen and oxygen atoms in total. The van der Waals surface area contributed by atoms with Crippen LogP contribution in [0.2, 0.25) is 0 Å². The quantitative estimate of drug-likeness (QED) is 0.456. The minimum Gasteiger partial charge on any atom is -0.469 e. The third-order valence-electron chi connectivity index (χ3n) is 0. The van der Waals surface area contributed by atoms with Crippen molar-refractivity contribution in [2.45, 2.75) is 0 Å². The monoisotopic (exact) mass is 93.0 g/mol. The number of hydrogen-bond donors (Lipinski definition) is 1. The largest absolute Gasteiger partial charge is 0.469 e. The van der Waals surface area contributed by atoms with Crippen LogP contribution in [0.4, 0.5) is 4.79 Å². The predicted molar refractivity (Wildman–Crippen MR) is 18.2 cm³/mol. The standard InChI is InChI=1S/CHClO2.CH/c2-1(3)4;/h(H,3,4);1H. The summed E-state index contributed by atoms with van der Waals surface area (Å²) < 4.78 is 0. The zero-order chi connectivity index (χ0) is 3.58. The van der Waals surface area contributed by atoms with E-state index >= 15 is 0 Å². The lowest BCUT2D eigenvalue weighted by atomic mass is 11.6. The summed E-state index contributed by atoms with van der Waals surface area (Å²) in [6.45, 7) is 0. The average Bonchev–Trinajstić information content (AvgIpc) is 0.811. The zero-order valence-corrected chi connectivity index (χ0v) is 3.07. The van der Waals surface area contributed by atoms with Crippen molar-refractivity contribution < 1.29 is 9.90 Å². The second-order valence-corrected chi connectivity index (χ2v) is 0.576. The van der Waals surface area contributed by atoms with Crippen LogP contribution in [0.3, 0.4) is 0 Å². The molecule has 0 spiro atoms. The van der Waals surface area contributed by atoms with Crippen molar-refractivity contribution in [3.63, 3.8) is 0 Å². The van der Waals surface area contributed by atoms with Crippen LogP contribution >= 0.6 is 11.6 Å². The molecule has 0 saturated heterocycles. The van der Waals surface area contributed by atoms with E-state index in [9.17, 15) is 0 Å². The topological polar surface area (TPSA) is 37.3 Å². The van der Waals surface area contributed by atoms with Crippen molar-refractivity contribution in [1.29, 1.82) is 0 Å². The van der Waals surface area contributed by atoms with E-state index in [0.717, 1.165) is 0 Å². The highest BCUT2D eigenvalue weighted by molar-refractivity contribution is 6.60. The molecule has 0 aromatic rings. The van der Waals surface area contributed by atoms with Gasteiger partial charge in [0.15, 0.2) is 0 Å². The fourth-order valence-electron chi connectivity index (χ4n) is 0. The van der Waals surface area contributed by atoms with Crippen molar-refractivity contribution >= 4 is 17.0 Å². The summed E-state index contributed by atoms with van der Waals surface area (Å²) >= 11 is 4.19. The highest BCUT2D eigenvalue weighted by Crippen LogP contribution is 1.67. The lowest BCUT2D eigenvalue weighted by molar-refractivity contribution is 0.220. The molecule has 0 aliphatic heterocycles. The molecule has 5 heavy (non-hydrogen) atoms. The first-order valence-corrected chi connectivity index (χ1v) is 0.995. The minimum atomic E-state index is -1.36. The van der Waals surface area contributed by atoms with E-state index in [2.05, 4.69) is 11.6 Å². The van der Waals surface area contributed by atoms with E-state index in [1.165, 1.54) is 0 Å². The molecule has 1 N–H and O–H groups in total. The van der Waals surface area contributed by atoms with E-state index in [4.69, 9.17) is 9.90 Å². The number of carboxylic acid groups (broad SMARTS) is 1. The fraction of sp³-hybridized carbons (Fsp3) is 0. The lowest BCUT2D eigenvalue weighted by Gasteiger charge is -1.55. The first-order chi connectivity index (χ1) is 1.73. The van der Waals surface area contributed by atoms with Crippen molar-refractivity contribution in [3.8, 4) is 0 Å². The van der Waals surface area contributed by atoms with Crippen molar-refractivity contribution in [2.75, 3.05) is 0 Å². The highest BCUT2D eigenvalue weighted by atomic mass is 35.5. The fourth-order valence-corrected chi connectivity index (χ4v) is 0. The minimum absolute atomic E-state index is 0. The summed E-state index contributed by atoms with van der Waals surface area (Å²) in [4.78, 5) is 8.77. The molecule has 0 aromatic heterocycles. The van der Waals surface area contributed by atoms with Crippen molar-refractivity contribution in [3.05, 3.63) is 7.43 Å². The van der Waals surface area contributed by atoms with Crippen LogP contribution < -0.4 is 0 Å². The van der Waals surface area contributed by atoms with Gasteiger partial charge in [-0.25, -0.2) is 4.79 Å². The number of carbonyl (C=O) groups is 1. The Morgan fingerprint density at radius 2 is 1.80 bits per heavy atom. The third kappa shape index (κ3) is 202. The molecule has 0 saturated carbocycles. The van der Waals surface area contributed by atoms with Crippen LogP contribution in [0.1, 0.15) is 0 Å². The molecule has 0 atom stereocenters. The van der Waals surface area contributed by atoms with Gasteiger partial charge in [-0.2, -0.15) is 0 Å². The maximum Gasteiger partial charge on any atom is 0.401 e. The van der Waals surface area contributed by atoms with Gasteiger partial charge in [-0.15, -0.1) is 0 Å². The summed E-state index contributed by atoms with van der Waals surface area (Å²) in [7, 11) is 0. The molecule has 3 heteroatoms. The van der Waals surface area contributed by atoms with E-state index < -0.39 is 5.43 Å². The van der Waals surface area contributed by atoms with Gasteiger partial charge in [0.25, 0.3) is 0 Å². The van der Waals surface area contributed by atoms with Gasteiger partial charge in [-0.1, -0.05) is 0 Å². The zero-order valence-electron chi connectivity index (χ0n) is 2.31. The summed E-state index contributed by atoms with van der Waals surface area (Å²) in [5.41, 5.74) is -1.36. The van der Waals surface area contributed by atoms with Gasteiger partial charge in [0.05, 0.1) is 0 Å². The Morgan fingerprint density at radius 1 is 1.80 bits per heavy atom. The van der Waals surface area contributed by atoms with Gasteiger partial charge < -0.3 is 5.11 Å². The second-order valence-electron chi connectivity index (χ2n) is 0.253. The van der Waals surface area contributed by atoms with Gasteiger partial charge in [-0.3, -0.25) is 0 Å². The third-order valence-corrected chi connectivity index (χ3v) is 0. The van der Waals surface area contributed by atoms with E-state index in [1.807, 2.05) is 0 Å². The van der Waals surface area contributed by atoms with Crippen LogP contribution in [-0.4, -0.2) is 10.5 Å². The maximum absolute atomic E-state index is 8.77. The van der Waals surface area contributed by atoms with Gasteiger partial charge in [0.1, 0.15) is 0 Å². The Hall–Kier alpha value is -0.240. The molecular weight excluding hydrogens is 91.5 g/mol. The van der Waals surface area contributed by atoms with Gasteiger partial charge in [0, 0.05) is 11.6 Å². The average molecular weight is 93.5 g/mol. The number of rotatable bonds is 0. The van der Waals surface area contributed by atoms with Crippen LogP contribution in [0.5, 0.6) is 0 Å². The maximum atomic E-state index is 8.77. The molecule has 0 aliphatic rings. The van der Waals surface area contributed by atoms with E-state index in [1.54, 1.807) is 0 Å². The SMILES string of the molecule is O=C(O)Cl.[CH]. The van der Waals surface area contributed by atoms with Crippen molar-refractivity contribution in [2.24, 2.45) is 0 Å². The molecule has 29 valence electrons. The summed E-state index contributed by atoms with van der Waals surface area (Å²) in [5, 5.41) is 7.18. The molecular formula is C2H2ClO2. The molecule has 0 rings (SSSR count). The molecule has 0 fully saturated rings. The molecule has 0 unspecified atom stereocenters. The molecule has 0 aromatic carbocycles. The summed E-state index contributed by atoms with van der Waals surface area (Å²) in [6.07, 6.45) is 0. The van der Waals surface area contributed by atoms with Crippen LogP contribution in [0.15, 0.2) is 0 Å². The summed E-state index contributed by atoms with van der Waals surface area (Å²) in [5.74, 6) is 0. The highest BCUT2D eigenvalue weighted by Gasteiger charge is 1.71. The molecule has 0 amide bonds. The summed E-state index contributed by atoms with van der Waals surface area (Å²) in [6, 6.07) is 0. The molecule has 0 bridgehead atoms. The normalized spacial score (nSPS) is 5.00. The van der Waals surface area contributed by atoms with Crippen molar-refractivity contribution in [1.82, 2.24) is 0 Å². The Morgan fingerprint density at radius 3 is 1.80 bits per heavy atom. The first kappa shape index (κ1) is 8.83. The number of halogens is 1. The van der Waals surface area contributed by atoms with Crippen LogP contribution in [0.25, 0.3) is 0 Å². The van der Waals surface area contributed by atoms with E-state index in [0.29, 0.717) is 0 Å². The Labute approximate surface area is 35.4 Å². The lowest BCUT2D eigenvalue weighted by Crippen LogP contribution is -1.66. The van der Waals surface area contributed by atoms with Crippen LogP contribution in [0, 0.1) is 7.43 Å². The van der Waals surface area contributed by atoms with Gasteiger partial charge >= 0.3 is 5.43 Å².